The summed E-state index contributed by atoms with van der Waals surface area (Å²) in [6.07, 6.45) is 15.5. The number of hydrogen-bond donors (Lipinski definition) is 1. The molecule has 4 aliphatic carbocycles. The molecule has 0 spiro atoms. The van der Waals surface area contributed by atoms with E-state index < -0.39 is 0 Å². The fourth-order valence-corrected chi connectivity index (χ4v) is 5.67. The summed E-state index contributed by atoms with van der Waals surface area (Å²) in [5.74, 6) is 2.69. The summed E-state index contributed by atoms with van der Waals surface area (Å²) in [6, 6.07) is 0. The molecular formula is C19H25NO. The second-order valence-electron chi connectivity index (χ2n) is 7.99. The van der Waals surface area contributed by atoms with Crippen molar-refractivity contribution in [3.05, 3.63) is 36.1 Å². The van der Waals surface area contributed by atoms with Crippen LogP contribution >= 0.6 is 0 Å². The van der Waals surface area contributed by atoms with E-state index in [-0.39, 0.29) is 10.8 Å². The molecule has 0 amide bonds. The third kappa shape index (κ3) is 1.62. The highest BCUT2D eigenvalue weighted by Crippen LogP contribution is 2.62. The van der Waals surface area contributed by atoms with Gasteiger partial charge >= 0.3 is 0 Å². The Morgan fingerprint density at radius 1 is 1.19 bits per heavy atom. The van der Waals surface area contributed by atoms with Crippen LogP contribution in [0.3, 0.4) is 0 Å². The second-order valence-corrected chi connectivity index (χ2v) is 7.99. The van der Waals surface area contributed by atoms with E-state index in [2.05, 4.69) is 44.2 Å². The Labute approximate surface area is 127 Å². The van der Waals surface area contributed by atoms with Crippen molar-refractivity contribution >= 4 is 5.78 Å². The number of allylic oxidation sites excluding steroid dienone is 5. The SMILES string of the molecule is C[C@]12C=CC(N)=CC1C=C[C@@H]1[C@H]2CC[C@]2(C)C(=O)CC[C@@H]12. The maximum absolute atomic E-state index is 12.3. The number of Topliss-reactive ketones (excluding diaryl/α,β-unsaturated/α-hetero) is 1. The highest BCUT2D eigenvalue weighted by atomic mass is 16.1. The first-order chi connectivity index (χ1) is 9.95. The molecule has 0 aromatic rings. The zero-order valence-corrected chi connectivity index (χ0v) is 13.0. The molecular weight excluding hydrogens is 258 g/mol. The third-order valence-corrected chi connectivity index (χ3v) is 7.11. The molecule has 0 heterocycles. The Morgan fingerprint density at radius 2 is 2.00 bits per heavy atom. The first kappa shape index (κ1) is 13.4. The molecule has 2 fully saturated rings. The van der Waals surface area contributed by atoms with E-state index in [1.54, 1.807) is 0 Å². The van der Waals surface area contributed by atoms with Crippen LogP contribution in [0.15, 0.2) is 36.1 Å². The third-order valence-electron chi connectivity index (χ3n) is 7.11. The first-order valence-corrected chi connectivity index (χ1v) is 8.33. The van der Waals surface area contributed by atoms with Gasteiger partial charge in [0.2, 0.25) is 0 Å². The van der Waals surface area contributed by atoms with Crippen molar-refractivity contribution in [2.45, 2.75) is 39.5 Å². The molecule has 1 unspecified atom stereocenters. The van der Waals surface area contributed by atoms with Gasteiger partial charge in [-0.05, 0) is 48.5 Å². The van der Waals surface area contributed by atoms with E-state index in [0.717, 1.165) is 25.0 Å². The normalized spacial score (nSPS) is 51.1. The average Bonchev–Trinajstić information content (AvgIpc) is 2.76. The van der Waals surface area contributed by atoms with Crippen LogP contribution in [-0.4, -0.2) is 5.78 Å². The van der Waals surface area contributed by atoms with Crippen molar-refractivity contribution in [2.75, 3.05) is 0 Å². The summed E-state index contributed by atoms with van der Waals surface area (Å²) in [7, 11) is 0. The van der Waals surface area contributed by atoms with E-state index in [1.807, 2.05) is 0 Å². The molecule has 2 nitrogen and oxygen atoms in total. The summed E-state index contributed by atoms with van der Waals surface area (Å²) in [6.45, 7) is 4.61. The smallest absolute Gasteiger partial charge is 0.139 e. The fraction of sp³-hybridized carbons (Fsp3) is 0.632. The lowest BCUT2D eigenvalue weighted by Crippen LogP contribution is -2.49. The first-order valence-electron chi connectivity index (χ1n) is 8.33. The minimum absolute atomic E-state index is 0.0536. The standard InChI is InChI=1S/C19H25NO/c1-18-9-7-13(20)11-12(18)3-4-14-15-5-6-17(21)19(15,2)10-8-16(14)18/h3-4,7,9,11-12,14-16H,5-6,8,10,20H2,1-2H3/t12?,14-,15-,16+,18-,19-/m0/s1. The Hall–Kier alpha value is -1.31. The van der Waals surface area contributed by atoms with Gasteiger partial charge in [0.25, 0.3) is 0 Å². The topological polar surface area (TPSA) is 43.1 Å². The zero-order valence-electron chi connectivity index (χ0n) is 13.0. The predicted molar refractivity (Wildman–Crippen MR) is 84.2 cm³/mol. The molecule has 6 atom stereocenters. The van der Waals surface area contributed by atoms with Gasteiger partial charge in [-0.15, -0.1) is 0 Å². The van der Waals surface area contributed by atoms with Crippen LogP contribution in [-0.2, 0) is 4.79 Å². The molecule has 0 saturated heterocycles. The minimum Gasteiger partial charge on any atom is -0.399 e. The van der Waals surface area contributed by atoms with Crippen molar-refractivity contribution in [1.29, 1.82) is 0 Å². The van der Waals surface area contributed by atoms with Gasteiger partial charge < -0.3 is 5.73 Å². The summed E-state index contributed by atoms with van der Waals surface area (Å²) in [4.78, 5) is 12.3. The maximum atomic E-state index is 12.3. The molecule has 4 aliphatic rings. The number of nitrogens with two attached hydrogens (primary N) is 1. The van der Waals surface area contributed by atoms with Crippen LogP contribution in [0.1, 0.15) is 39.5 Å². The van der Waals surface area contributed by atoms with Crippen LogP contribution in [0.5, 0.6) is 0 Å². The quantitative estimate of drug-likeness (QED) is 0.690. The van der Waals surface area contributed by atoms with E-state index in [9.17, 15) is 4.79 Å². The Bertz CT molecular complexity index is 586. The molecule has 112 valence electrons. The van der Waals surface area contributed by atoms with Crippen molar-refractivity contribution in [2.24, 2.45) is 40.2 Å². The minimum atomic E-state index is -0.0536. The second kappa shape index (κ2) is 4.12. The van der Waals surface area contributed by atoms with Crippen LogP contribution in [0, 0.1) is 34.5 Å². The molecule has 21 heavy (non-hydrogen) atoms. The zero-order chi connectivity index (χ0) is 14.8. The largest absolute Gasteiger partial charge is 0.399 e. The van der Waals surface area contributed by atoms with Gasteiger partial charge in [0.05, 0.1) is 0 Å². The number of carbonyl (C=O) groups is 1. The van der Waals surface area contributed by atoms with Crippen molar-refractivity contribution in [3.8, 4) is 0 Å². The Morgan fingerprint density at radius 3 is 2.81 bits per heavy atom. The highest BCUT2D eigenvalue weighted by molar-refractivity contribution is 5.87. The van der Waals surface area contributed by atoms with Crippen molar-refractivity contribution in [1.82, 2.24) is 0 Å². The molecule has 0 aromatic carbocycles. The molecule has 2 heteroatoms. The summed E-state index contributed by atoms with van der Waals surface area (Å²) < 4.78 is 0. The van der Waals surface area contributed by atoms with Gasteiger partial charge in [-0.1, -0.05) is 38.2 Å². The maximum Gasteiger partial charge on any atom is 0.139 e. The van der Waals surface area contributed by atoms with Crippen LogP contribution < -0.4 is 5.73 Å². The molecule has 0 aliphatic heterocycles. The Balaban J connectivity index is 1.75. The number of ketones is 1. The molecule has 4 rings (SSSR count). The molecule has 2 N–H and O–H groups in total. The van der Waals surface area contributed by atoms with Gasteiger partial charge in [-0.3, -0.25) is 4.79 Å². The molecule has 0 bridgehead atoms. The van der Waals surface area contributed by atoms with Crippen LogP contribution in [0.2, 0.25) is 0 Å². The van der Waals surface area contributed by atoms with Gasteiger partial charge in [-0.2, -0.15) is 0 Å². The van der Waals surface area contributed by atoms with E-state index in [4.69, 9.17) is 5.73 Å². The molecule has 2 saturated carbocycles. The van der Waals surface area contributed by atoms with Gasteiger partial charge in [0.15, 0.2) is 0 Å². The van der Waals surface area contributed by atoms with Crippen molar-refractivity contribution < 1.29 is 4.79 Å². The number of rotatable bonds is 0. The van der Waals surface area contributed by atoms with Crippen LogP contribution in [0.25, 0.3) is 0 Å². The van der Waals surface area contributed by atoms with Gasteiger partial charge in [0.1, 0.15) is 5.78 Å². The van der Waals surface area contributed by atoms with Gasteiger partial charge in [0, 0.05) is 23.5 Å². The lowest BCUT2D eigenvalue weighted by atomic mass is 9.49. The average molecular weight is 283 g/mol. The summed E-state index contributed by atoms with van der Waals surface area (Å²) in [5, 5.41) is 0. The summed E-state index contributed by atoms with van der Waals surface area (Å²) in [5.41, 5.74) is 7.00. The highest BCUT2D eigenvalue weighted by Gasteiger charge is 2.57. The van der Waals surface area contributed by atoms with E-state index in [1.165, 1.54) is 6.42 Å². The number of hydrogen-bond acceptors (Lipinski definition) is 2. The van der Waals surface area contributed by atoms with E-state index in [0.29, 0.717) is 29.5 Å². The van der Waals surface area contributed by atoms with E-state index >= 15 is 0 Å². The fourth-order valence-electron chi connectivity index (χ4n) is 5.67. The van der Waals surface area contributed by atoms with Crippen LogP contribution in [0.4, 0.5) is 0 Å². The van der Waals surface area contributed by atoms with Crippen molar-refractivity contribution in [3.63, 3.8) is 0 Å². The lowest BCUT2D eigenvalue weighted by Gasteiger charge is -2.54. The summed E-state index contributed by atoms with van der Waals surface area (Å²) >= 11 is 0. The van der Waals surface area contributed by atoms with Gasteiger partial charge in [-0.25, -0.2) is 0 Å². The predicted octanol–water partition coefficient (Wildman–Crippen LogP) is 3.60. The molecule has 0 aromatic heterocycles. The molecule has 0 radical (unpaired) electrons. The Kier molecular flexibility index (Phi) is 2.62. The number of fused-ring (bicyclic) bond motifs is 5. The lowest BCUT2D eigenvalue weighted by molar-refractivity contribution is -0.130. The monoisotopic (exact) mass is 283 g/mol. The number of carbonyl (C=O) groups excluding carboxylic acids is 1.